The van der Waals surface area contributed by atoms with Crippen molar-refractivity contribution in [2.45, 2.75) is 0 Å². The van der Waals surface area contributed by atoms with Crippen LogP contribution in [-0.4, -0.2) is 14.6 Å². The summed E-state index contributed by atoms with van der Waals surface area (Å²) >= 11 is 0. The molecule has 0 saturated heterocycles. The summed E-state index contributed by atoms with van der Waals surface area (Å²) < 4.78 is 1.31. The Hall–Kier alpha value is -1.58. The van der Waals surface area contributed by atoms with E-state index in [9.17, 15) is 4.79 Å². The van der Waals surface area contributed by atoms with E-state index >= 15 is 0 Å². The molecule has 0 aliphatic rings. The molecule has 50 valence electrons. The third kappa shape index (κ3) is 0.556. The van der Waals surface area contributed by atoms with Crippen LogP contribution in [0.25, 0.3) is 5.52 Å². The number of hydrogen-bond donors (Lipinski definition) is 1. The zero-order valence-corrected chi connectivity index (χ0v) is 5.11. The Morgan fingerprint density at radius 1 is 1.50 bits per heavy atom. The maximum absolute atomic E-state index is 10.9. The molecule has 2 heterocycles. The minimum atomic E-state index is -0.206. The zero-order valence-electron chi connectivity index (χ0n) is 5.11. The van der Waals surface area contributed by atoms with Gasteiger partial charge in [-0.05, 0) is 12.1 Å². The van der Waals surface area contributed by atoms with Crippen molar-refractivity contribution in [3.8, 4) is 0 Å². The fourth-order valence-corrected chi connectivity index (χ4v) is 0.869. The maximum atomic E-state index is 10.9. The van der Waals surface area contributed by atoms with Crippen LogP contribution in [0, 0.1) is 0 Å². The van der Waals surface area contributed by atoms with Crippen LogP contribution in [0.5, 0.6) is 0 Å². The average molecular weight is 135 g/mol. The number of nitrogens with one attached hydrogen (secondary N) is 1. The van der Waals surface area contributed by atoms with Gasteiger partial charge in [0.25, 0.3) is 0 Å². The summed E-state index contributed by atoms with van der Waals surface area (Å²) in [6, 6.07) is 3.56. The summed E-state index contributed by atoms with van der Waals surface area (Å²) in [5, 5.41) is 3.79. The lowest BCUT2D eigenvalue weighted by Crippen LogP contribution is -2.15. The standard InChI is InChI=1S/C6H5N3O/c10-6-7-3-1-5-2-4-8-9(5)6/h1-4H,(H,7,10). The molecule has 10 heavy (non-hydrogen) atoms. The fourth-order valence-electron chi connectivity index (χ4n) is 0.869. The van der Waals surface area contributed by atoms with Gasteiger partial charge in [-0.2, -0.15) is 9.61 Å². The Kier molecular flexibility index (Phi) is 0.887. The van der Waals surface area contributed by atoms with Gasteiger partial charge in [-0.25, -0.2) is 4.79 Å². The molecule has 0 aliphatic carbocycles. The van der Waals surface area contributed by atoms with E-state index < -0.39 is 0 Å². The molecule has 0 radical (unpaired) electrons. The highest BCUT2D eigenvalue weighted by molar-refractivity contribution is 5.42. The van der Waals surface area contributed by atoms with Crippen LogP contribution in [0.15, 0.2) is 29.3 Å². The van der Waals surface area contributed by atoms with Crippen LogP contribution in [0.1, 0.15) is 0 Å². The van der Waals surface area contributed by atoms with Crippen molar-refractivity contribution in [3.63, 3.8) is 0 Å². The second-order valence-corrected chi connectivity index (χ2v) is 1.95. The molecule has 2 aromatic rings. The fraction of sp³-hybridized carbons (Fsp3) is 0. The highest BCUT2D eigenvalue weighted by atomic mass is 16.1. The van der Waals surface area contributed by atoms with Crippen molar-refractivity contribution in [2.75, 3.05) is 0 Å². The van der Waals surface area contributed by atoms with Gasteiger partial charge in [0.1, 0.15) is 0 Å². The normalized spacial score (nSPS) is 10.4. The van der Waals surface area contributed by atoms with Crippen LogP contribution >= 0.6 is 0 Å². The third-order valence-corrected chi connectivity index (χ3v) is 1.33. The first-order valence-electron chi connectivity index (χ1n) is 2.89. The first kappa shape index (κ1) is 5.22. The number of fused-ring (bicyclic) bond motifs is 1. The minimum Gasteiger partial charge on any atom is -0.313 e. The molecular formula is C6H5N3O. The van der Waals surface area contributed by atoms with Crippen LogP contribution < -0.4 is 5.69 Å². The van der Waals surface area contributed by atoms with Gasteiger partial charge in [-0.1, -0.05) is 0 Å². The van der Waals surface area contributed by atoms with Gasteiger partial charge in [0.05, 0.1) is 11.7 Å². The molecule has 0 aliphatic heterocycles. The molecule has 2 rings (SSSR count). The maximum Gasteiger partial charge on any atom is 0.346 e. The van der Waals surface area contributed by atoms with Gasteiger partial charge >= 0.3 is 5.69 Å². The monoisotopic (exact) mass is 135 g/mol. The summed E-state index contributed by atoms with van der Waals surface area (Å²) in [5.41, 5.74) is 0.603. The van der Waals surface area contributed by atoms with Gasteiger partial charge in [-0.15, -0.1) is 0 Å². The van der Waals surface area contributed by atoms with Crippen LogP contribution in [0.4, 0.5) is 0 Å². The average Bonchev–Trinajstić information content (AvgIpc) is 2.36. The molecular weight excluding hydrogens is 130 g/mol. The van der Waals surface area contributed by atoms with E-state index in [2.05, 4.69) is 10.1 Å². The molecule has 0 saturated carbocycles. The van der Waals surface area contributed by atoms with Gasteiger partial charge in [0.15, 0.2) is 0 Å². The molecule has 1 N–H and O–H groups in total. The molecule has 0 fully saturated rings. The van der Waals surface area contributed by atoms with E-state index in [1.54, 1.807) is 24.5 Å². The third-order valence-electron chi connectivity index (χ3n) is 1.33. The lowest BCUT2D eigenvalue weighted by molar-refractivity contribution is 0.868. The quantitative estimate of drug-likeness (QED) is 0.553. The number of aromatic amines is 1. The number of H-pyrrole nitrogens is 1. The van der Waals surface area contributed by atoms with Crippen LogP contribution in [0.3, 0.4) is 0 Å². The number of nitrogens with zero attached hydrogens (tertiary/aromatic N) is 2. The van der Waals surface area contributed by atoms with Crippen molar-refractivity contribution >= 4 is 5.52 Å². The van der Waals surface area contributed by atoms with Gasteiger partial charge in [0, 0.05) is 6.20 Å². The van der Waals surface area contributed by atoms with Gasteiger partial charge < -0.3 is 4.98 Å². The largest absolute Gasteiger partial charge is 0.346 e. The predicted molar refractivity (Wildman–Crippen MR) is 35.8 cm³/mol. The van der Waals surface area contributed by atoms with Gasteiger partial charge in [-0.3, -0.25) is 0 Å². The summed E-state index contributed by atoms with van der Waals surface area (Å²) in [7, 11) is 0. The summed E-state index contributed by atoms with van der Waals surface area (Å²) in [5.74, 6) is 0. The SMILES string of the molecule is O=c1[nH]ccc2ccnn12. The molecule has 2 aromatic heterocycles. The van der Waals surface area contributed by atoms with Gasteiger partial charge in [0.2, 0.25) is 0 Å². The Morgan fingerprint density at radius 2 is 2.40 bits per heavy atom. The van der Waals surface area contributed by atoms with Crippen molar-refractivity contribution in [1.82, 2.24) is 14.6 Å². The molecule has 0 bridgehead atoms. The number of hydrogen-bond acceptors (Lipinski definition) is 2. The molecule has 4 heteroatoms. The second kappa shape index (κ2) is 1.70. The van der Waals surface area contributed by atoms with E-state index in [1.807, 2.05) is 0 Å². The zero-order chi connectivity index (χ0) is 6.97. The Morgan fingerprint density at radius 3 is 3.20 bits per heavy atom. The summed E-state index contributed by atoms with van der Waals surface area (Å²) in [4.78, 5) is 13.4. The first-order valence-corrected chi connectivity index (χ1v) is 2.89. The van der Waals surface area contributed by atoms with E-state index in [0.29, 0.717) is 0 Å². The minimum absolute atomic E-state index is 0.206. The lowest BCUT2D eigenvalue weighted by atomic mass is 10.5. The Labute approximate surface area is 56.1 Å². The summed E-state index contributed by atoms with van der Waals surface area (Å²) in [6.45, 7) is 0. The summed E-state index contributed by atoms with van der Waals surface area (Å²) in [6.07, 6.45) is 3.18. The van der Waals surface area contributed by atoms with Crippen molar-refractivity contribution in [1.29, 1.82) is 0 Å². The molecule has 0 amide bonds. The molecule has 0 spiro atoms. The van der Waals surface area contributed by atoms with Crippen molar-refractivity contribution in [3.05, 3.63) is 35.0 Å². The molecule has 0 atom stereocenters. The predicted octanol–water partition coefficient (Wildman–Crippen LogP) is 0.0226. The van der Waals surface area contributed by atoms with E-state index in [-0.39, 0.29) is 5.69 Å². The highest BCUT2D eigenvalue weighted by Crippen LogP contribution is 1.92. The molecule has 0 unspecified atom stereocenters. The lowest BCUT2D eigenvalue weighted by Gasteiger charge is -1.86. The number of aromatic nitrogens is 3. The van der Waals surface area contributed by atoms with E-state index in [0.717, 1.165) is 5.52 Å². The number of rotatable bonds is 0. The van der Waals surface area contributed by atoms with Crippen LogP contribution in [0.2, 0.25) is 0 Å². The first-order chi connectivity index (χ1) is 4.88. The Balaban J connectivity index is 3.09. The molecule has 4 nitrogen and oxygen atoms in total. The van der Waals surface area contributed by atoms with E-state index in [1.165, 1.54) is 4.52 Å². The Bertz CT molecular complexity index is 400. The van der Waals surface area contributed by atoms with Crippen molar-refractivity contribution in [2.24, 2.45) is 0 Å². The van der Waals surface area contributed by atoms with Crippen molar-refractivity contribution < 1.29 is 0 Å². The smallest absolute Gasteiger partial charge is 0.313 e. The second-order valence-electron chi connectivity index (χ2n) is 1.95. The van der Waals surface area contributed by atoms with E-state index in [4.69, 9.17) is 0 Å². The highest BCUT2D eigenvalue weighted by Gasteiger charge is 1.92. The topological polar surface area (TPSA) is 50.2 Å². The van der Waals surface area contributed by atoms with Crippen LogP contribution in [-0.2, 0) is 0 Å². The molecule has 0 aromatic carbocycles.